The van der Waals surface area contributed by atoms with Crippen molar-refractivity contribution in [3.8, 4) is 11.5 Å². The number of hydrogen-bond acceptors (Lipinski definition) is 5. The lowest BCUT2D eigenvalue weighted by atomic mass is 9.95. The van der Waals surface area contributed by atoms with Gasteiger partial charge in [-0.25, -0.2) is 13.9 Å². The van der Waals surface area contributed by atoms with Gasteiger partial charge >= 0.3 is 5.51 Å². The normalized spacial score (nSPS) is 20.4. The molecule has 6 nitrogen and oxygen atoms in total. The lowest BCUT2D eigenvalue weighted by molar-refractivity contribution is -0.0515. The van der Waals surface area contributed by atoms with Gasteiger partial charge in [-0.1, -0.05) is 17.7 Å². The first-order valence-electron chi connectivity index (χ1n) is 10.7. The number of aryl methyl sites for hydroxylation is 2. The van der Waals surface area contributed by atoms with Crippen molar-refractivity contribution < 1.29 is 31.3 Å². The molecule has 3 rings (SSSR count). The number of ether oxygens (including phenoxy) is 2. The summed E-state index contributed by atoms with van der Waals surface area (Å²) in [6, 6.07) is 7.97. The Bertz CT molecular complexity index is 904. The summed E-state index contributed by atoms with van der Waals surface area (Å²) >= 11 is 0. The van der Waals surface area contributed by atoms with Crippen LogP contribution in [-0.4, -0.2) is 40.1 Å². The van der Waals surface area contributed by atoms with Gasteiger partial charge < -0.3 is 13.9 Å². The number of hydrogen-bond donors (Lipinski definition) is 1. The Labute approximate surface area is 188 Å². The largest absolute Gasteiger partial charge is 0.485 e. The zero-order chi connectivity index (χ0) is 23.1. The highest BCUT2D eigenvalue weighted by Crippen LogP contribution is 2.27. The maximum atomic E-state index is 12.2. The quantitative estimate of drug-likeness (QED) is 0.493. The summed E-state index contributed by atoms with van der Waals surface area (Å²) in [6.45, 7) is 4.53. The summed E-state index contributed by atoms with van der Waals surface area (Å²) in [5.74, 6) is 1.31. The van der Waals surface area contributed by atoms with Crippen LogP contribution in [0.5, 0.6) is 0 Å². The van der Waals surface area contributed by atoms with Crippen LogP contribution in [0.3, 0.4) is 0 Å². The van der Waals surface area contributed by atoms with Crippen molar-refractivity contribution >= 4 is 11.0 Å². The molecule has 1 aromatic heterocycles. The highest BCUT2D eigenvalue weighted by atomic mass is 32.2. The van der Waals surface area contributed by atoms with E-state index < -0.39 is 16.5 Å². The topological polar surface area (TPSA) is 73.6 Å². The molecule has 3 atom stereocenters. The molecule has 1 aliphatic rings. The minimum Gasteiger partial charge on any atom is -0.441 e. The predicted molar refractivity (Wildman–Crippen MR) is 115 cm³/mol. The van der Waals surface area contributed by atoms with E-state index in [-0.39, 0.29) is 18.8 Å². The molecule has 1 fully saturated rings. The third kappa shape index (κ3) is 7.40. The van der Waals surface area contributed by atoms with Crippen LogP contribution in [-0.2, 0) is 27.1 Å². The number of nitrogens with one attached hydrogen (secondary N) is 1. The van der Waals surface area contributed by atoms with Crippen LogP contribution in [0.2, 0.25) is 0 Å². The highest BCUT2D eigenvalue weighted by Gasteiger charge is 2.36. The van der Waals surface area contributed by atoms with Gasteiger partial charge in [0.05, 0.1) is 18.8 Å². The number of nitrogens with zero attached hydrogens (tertiary/aromatic N) is 1. The maximum absolute atomic E-state index is 12.2. The zero-order valence-electron chi connectivity index (χ0n) is 18.2. The zero-order valence-corrected chi connectivity index (χ0v) is 19.1. The Kier molecular flexibility index (Phi) is 8.87. The first kappa shape index (κ1) is 24.9. The summed E-state index contributed by atoms with van der Waals surface area (Å²) in [4.78, 5) is 4.59. The first-order valence-corrected chi connectivity index (χ1v) is 11.9. The molecule has 178 valence electrons. The van der Waals surface area contributed by atoms with Crippen LogP contribution in [0, 0.1) is 13.8 Å². The molecule has 2 aromatic rings. The third-order valence-corrected chi connectivity index (χ3v) is 6.20. The van der Waals surface area contributed by atoms with Gasteiger partial charge in [-0.2, -0.15) is 13.2 Å². The second kappa shape index (κ2) is 11.4. The van der Waals surface area contributed by atoms with Gasteiger partial charge in [-0.05, 0) is 58.1 Å². The standard InChI is InChI=1S/C22H29F3N2O4S/c1-15-6-3-7-17(12-15)21-27-20(16(2)31-21)14-30-19-9-4-8-18(13-19)29-11-5-10-26-32(28)22(23,24)25/h3,6-7,12,18-19,26H,4-5,8-11,13-14H2,1-2H3. The molecule has 0 amide bonds. The van der Waals surface area contributed by atoms with E-state index in [9.17, 15) is 17.4 Å². The van der Waals surface area contributed by atoms with E-state index >= 15 is 0 Å². The molecular weight excluding hydrogens is 445 g/mol. The highest BCUT2D eigenvalue weighted by molar-refractivity contribution is 7.83. The SMILES string of the molecule is Cc1cccc(-c2nc(COC3CCCC(OCCCNS(=O)C(F)(F)F)C3)c(C)o2)c1. The smallest absolute Gasteiger partial charge is 0.441 e. The molecular formula is C22H29F3N2O4S. The fraction of sp³-hybridized carbons (Fsp3) is 0.591. The van der Waals surface area contributed by atoms with Crippen LogP contribution >= 0.6 is 0 Å². The van der Waals surface area contributed by atoms with Gasteiger partial charge in [-0.15, -0.1) is 0 Å². The molecule has 1 aromatic carbocycles. The van der Waals surface area contributed by atoms with Crippen LogP contribution in [0.1, 0.15) is 49.1 Å². The van der Waals surface area contributed by atoms with Gasteiger partial charge in [-0.3, -0.25) is 0 Å². The van der Waals surface area contributed by atoms with E-state index in [0.717, 1.165) is 48.3 Å². The van der Waals surface area contributed by atoms with Crippen LogP contribution in [0.25, 0.3) is 11.5 Å². The molecule has 1 aliphatic carbocycles. The lowest BCUT2D eigenvalue weighted by Crippen LogP contribution is -2.32. The van der Waals surface area contributed by atoms with E-state index in [1.165, 1.54) is 0 Å². The van der Waals surface area contributed by atoms with E-state index in [4.69, 9.17) is 13.9 Å². The molecule has 1 N–H and O–H groups in total. The summed E-state index contributed by atoms with van der Waals surface area (Å²) < 4.78 is 67.1. The summed E-state index contributed by atoms with van der Waals surface area (Å²) in [7, 11) is -3.03. The molecule has 10 heteroatoms. The Balaban J connectivity index is 1.40. The first-order chi connectivity index (χ1) is 15.2. The Morgan fingerprint density at radius 1 is 1.22 bits per heavy atom. The van der Waals surface area contributed by atoms with Gasteiger partial charge in [0, 0.05) is 18.7 Å². The minimum atomic E-state index is -4.74. The van der Waals surface area contributed by atoms with Crippen molar-refractivity contribution in [1.82, 2.24) is 9.71 Å². The molecule has 0 spiro atoms. The fourth-order valence-electron chi connectivity index (χ4n) is 3.63. The van der Waals surface area contributed by atoms with Gasteiger partial charge in [0.25, 0.3) is 0 Å². The Morgan fingerprint density at radius 3 is 2.69 bits per heavy atom. The van der Waals surface area contributed by atoms with Crippen LogP contribution in [0.15, 0.2) is 28.7 Å². The van der Waals surface area contributed by atoms with Gasteiger partial charge in [0.1, 0.15) is 11.5 Å². The molecule has 0 saturated heterocycles. The minimum absolute atomic E-state index is 0.00289. The van der Waals surface area contributed by atoms with E-state index in [0.29, 0.717) is 25.5 Å². The van der Waals surface area contributed by atoms with Crippen LogP contribution in [0.4, 0.5) is 13.2 Å². The fourth-order valence-corrected chi connectivity index (χ4v) is 4.13. The number of oxazole rings is 1. The van der Waals surface area contributed by atoms with Crippen molar-refractivity contribution in [3.63, 3.8) is 0 Å². The summed E-state index contributed by atoms with van der Waals surface area (Å²) in [6.07, 6.45) is 3.88. The third-order valence-electron chi connectivity index (χ3n) is 5.31. The Hall–Kier alpha value is -1.75. The van der Waals surface area contributed by atoms with Crippen molar-refractivity contribution in [1.29, 1.82) is 0 Å². The second-order valence-corrected chi connectivity index (χ2v) is 9.24. The predicted octanol–water partition coefficient (Wildman–Crippen LogP) is 4.97. The molecule has 1 heterocycles. The van der Waals surface area contributed by atoms with Crippen LogP contribution < -0.4 is 4.72 Å². The molecule has 32 heavy (non-hydrogen) atoms. The van der Waals surface area contributed by atoms with Crippen molar-refractivity contribution in [3.05, 3.63) is 41.3 Å². The van der Waals surface area contributed by atoms with E-state index in [1.54, 1.807) is 0 Å². The van der Waals surface area contributed by atoms with Gasteiger partial charge in [0.15, 0.2) is 11.0 Å². The van der Waals surface area contributed by atoms with Crippen molar-refractivity contribution in [2.24, 2.45) is 0 Å². The number of benzene rings is 1. The second-order valence-electron chi connectivity index (χ2n) is 7.95. The monoisotopic (exact) mass is 474 g/mol. The maximum Gasteiger partial charge on any atom is 0.485 e. The lowest BCUT2D eigenvalue weighted by Gasteiger charge is -2.29. The average Bonchev–Trinajstić information content (AvgIpc) is 3.12. The van der Waals surface area contributed by atoms with Crippen molar-refractivity contribution in [2.75, 3.05) is 13.2 Å². The summed E-state index contributed by atoms with van der Waals surface area (Å²) in [5.41, 5.74) is -1.90. The van der Waals surface area contributed by atoms with E-state index in [1.807, 2.05) is 42.8 Å². The van der Waals surface area contributed by atoms with Gasteiger partial charge in [0.2, 0.25) is 5.89 Å². The molecule has 3 unspecified atom stereocenters. The van der Waals surface area contributed by atoms with E-state index in [2.05, 4.69) is 4.98 Å². The Morgan fingerprint density at radius 2 is 1.97 bits per heavy atom. The average molecular weight is 475 g/mol. The molecule has 0 aliphatic heterocycles. The number of alkyl halides is 3. The summed E-state index contributed by atoms with van der Waals surface area (Å²) in [5, 5.41) is 0. The molecule has 1 saturated carbocycles. The number of halogens is 3. The van der Waals surface area contributed by atoms with Crippen molar-refractivity contribution in [2.45, 2.75) is 70.3 Å². The molecule has 0 bridgehead atoms. The number of rotatable bonds is 10. The number of aromatic nitrogens is 1. The molecule has 0 radical (unpaired) electrons.